The molecule has 0 unspecified atom stereocenters. The summed E-state index contributed by atoms with van der Waals surface area (Å²) in [7, 11) is -0.385. The fourth-order valence-electron chi connectivity index (χ4n) is 3.33. The Hall–Kier alpha value is 0.0569. The van der Waals surface area contributed by atoms with E-state index in [2.05, 4.69) is 49.7 Å². The number of nitrogens with one attached hydrogen (secondary N) is 1. The summed E-state index contributed by atoms with van der Waals surface area (Å²) in [6.07, 6.45) is 9.96. The van der Waals surface area contributed by atoms with Crippen molar-refractivity contribution in [2.45, 2.75) is 85.6 Å². The first kappa shape index (κ1) is 26.1. The zero-order valence-electron chi connectivity index (χ0n) is 18.7. The van der Waals surface area contributed by atoms with Crippen LogP contribution in [-0.2, 0) is 4.43 Å². The van der Waals surface area contributed by atoms with Gasteiger partial charge in [0.1, 0.15) is 0 Å². The number of nitrogens with zero attached hydrogens (tertiary/aromatic N) is 2. The molecule has 0 aliphatic rings. The van der Waals surface area contributed by atoms with Gasteiger partial charge < -0.3 is 19.5 Å². The van der Waals surface area contributed by atoms with Gasteiger partial charge >= 0.3 is 0 Å². The molecule has 26 heavy (non-hydrogen) atoms. The Balaban J connectivity index is 4.10. The number of hydrogen-bond donors (Lipinski definition) is 1. The molecule has 0 saturated carbocycles. The van der Waals surface area contributed by atoms with Crippen LogP contribution in [0.1, 0.15) is 79.6 Å². The van der Waals surface area contributed by atoms with E-state index in [-0.39, 0.29) is 9.76 Å². The van der Waals surface area contributed by atoms with Crippen LogP contribution >= 0.6 is 0 Å². The van der Waals surface area contributed by atoms with E-state index in [9.17, 15) is 0 Å². The van der Waals surface area contributed by atoms with E-state index in [0.717, 1.165) is 13.2 Å². The third-order valence-corrected chi connectivity index (χ3v) is 6.59. The molecule has 0 aliphatic carbocycles. The molecule has 0 aliphatic heterocycles. The maximum absolute atomic E-state index is 5.94. The summed E-state index contributed by atoms with van der Waals surface area (Å²) >= 11 is 0. The highest BCUT2D eigenvalue weighted by molar-refractivity contribution is 6.27. The smallest absolute Gasteiger partial charge is 0.175 e. The van der Waals surface area contributed by atoms with Gasteiger partial charge in [0.25, 0.3) is 0 Å². The van der Waals surface area contributed by atoms with Gasteiger partial charge in [-0.25, -0.2) is 0 Å². The van der Waals surface area contributed by atoms with Crippen LogP contribution in [0.15, 0.2) is 0 Å². The molecule has 0 amide bonds. The first-order valence-electron chi connectivity index (χ1n) is 11.5. The molecule has 0 radical (unpaired) electrons. The van der Waals surface area contributed by atoms with Crippen LogP contribution in [0.2, 0.25) is 0 Å². The van der Waals surface area contributed by atoms with E-state index in [0.29, 0.717) is 6.04 Å². The van der Waals surface area contributed by atoms with Gasteiger partial charge in [0.05, 0.1) is 0 Å². The molecule has 0 aromatic carbocycles. The van der Waals surface area contributed by atoms with Crippen molar-refractivity contribution in [3.8, 4) is 0 Å². The molecule has 5 heteroatoms. The molecular formula is C21H49N3OSi. The summed E-state index contributed by atoms with van der Waals surface area (Å²) in [5.41, 5.74) is 0. The second-order valence-electron chi connectivity index (χ2n) is 7.42. The lowest BCUT2D eigenvalue weighted by Gasteiger charge is -2.25. The molecule has 0 atom stereocenters. The van der Waals surface area contributed by atoms with Crippen LogP contribution in [-0.4, -0.2) is 77.6 Å². The minimum Gasteiger partial charge on any atom is -0.423 e. The first-order chi connectivity index (χ1) is 12.7. The molecule has 0 aromatic heterocycles. The summed E-state index contributed by atoms with van der Waals surface area (Å²) in [6.45, 7) is 19.6. The van der Waals surface area contributed by atoms with Gasteiger partial charge in [-0.1, -0.05) is 41.0 Å². The molecule has 0 aromatic rings. The zero-order valence-corrected chi connectivity index (χ0v) is 20.1. The highest BCUT2D eigenvalue weighted by Gasteiger charge is 2.08. The van der Waals surface area contributed by atoms with Crippen molar-refractivity contribution in [1.29, 1.82) is 0 Å². The van der Waals surface area contributed by atoms with Crippen LogP contribution in [0.4, 0.5) is 0 Å². The SMILES string of the molecule is CCCCO[SiH2]CN(CCCNC(CC)CC)CCCN(CC)CCC. The predicted octanol–water partition coefficient (Wildman–Crippen LogP) is 3.44. The maximum atomic E-state index is 5.94. The minimum absolute atomic E-state index is 0.385. The Labute approximate surface area is 167 Å². The molecule has 0 rings (SSSR count). The number of unbranched alkanes of at least 4 members (excludes halogenated alkanes) is 1. The van der Waals surface area contributed by atoms with E-state index >= 15 is 0 Å². The van der Waals surface area contributed by atoms with Crippen molar-refractivity contribution in [1.82, 2.24) is 15.1 Å². The number of hydrogen-bond acceptors (Lipinski definition) is 4. The molecule has 0 spiro atoms. The second-order valence-corrected chi connectivity index (χ2v) is 8.68. The fourth-order valence-corrected chi connectivity index (χ4v) is 4.57. The first-order valence-corrected chi connectivity index (χ1v) is 13.0. The fraction of sp³-hybridized carbons (Fsp3) is 1.00. The Bertz CT molecular complexity index is 278. The van der Waals surface area contributed by atoms with Crippen molar-refractivity contribution in [2.75, 3.05) is 52.0 Å². The lowest BCUT2D eigenvalue weighted by atomic mass is 10.2. The maximum Gasteiger partial charge on any atom is 0.175 e. The Morgan fingerprint density at radius 3 is 2.12 bits per heavy atom. The highest BCUT2D eigenvalue weighted by Crippen LogP contribution is 2.00. The molecule has 4 nitrogen and oxygen atoms in total. The molecular weight excluding hydrogens is 338 g/mol. The molecule has 0 fully saturated rings. The lowest BCUT2D eigenvalue weighted by molar-refractivity contribution is 0.237. The van der Waals surface area contributed by atoms with E-state index in [1.807, 2.05) is 0 Å². The second kappa shape index (κ2) is 19.8. The van der Waals surface area contributed by atoms with Crippen LogP contribution in [0, 0.1) is 0 Å². The van der Waals surface area contributed by atoms with Gasteiger partial charge in [-0.3, -0.25) is 0 Å². The van der Waals surface area contributed by atoms with Gasteiger partial charge in [0.2, 0.25) is 0 Å². The third kappa shape index (κ3) is 15.1. The van der Waals surface area contributed by atoms with Gasteiger partial charge in [-0.05, 0) is 77.8 Å². The Morgan fingerprint density at radius 2 is 1.50 bits per heavy atom. The summed E-state index contributed by atoms with van der Waals surface area (Å²) < 4.78 is 5.94. The quantitative estimate of drug-likeness (QED) is 0.256. The summed E-state index contributed by atoms with van der Waals surface area (Å²) in [5.74, 6) is 0. The predicted molar refractivity (Wildman–Crippen MR) is 120 cm³/mol. The lowest BCUT2D eigenvalue weighted by Crippen LogP contribution is -2.36. The van der Waals surface area contributed by atoms with Crippen molar-refractivity contribution in [3.05, 3.63) is 0 Å². The van der Waals surface area contributed by atoms with Crippen LogP contribution in [0.5, 0.6) is 0 Å². The molecule has 0 heterocycles. The van der Waals surface area contributed by atoms with Gasteiger partial charge in [0, 0.05) is 18.8 Å². The van der Waals surface area contributed by atoms with Crippen molar-refractivity contribution in [2.24, 2.45) is 0 Å². The van der Waals surface area contributed by atoms with Crippen molar-refractivity contribution >= 4 is 9.76 Å². The normalized spacial score (nSPS) is 12.5. The van der Waals surface area contributed by atoms with Gasteiger partial charge in [-0.2, -0.15) is 0 Å². The molecule has 1 N–H and O–H groups in total. The van der Waals surface area contributed by atoms with E-state index in [4.69, 9.17) is 4.43 Å². The standard InChI is InChI=1S/C21H49N3OSi/c1-6-11-19-25-26-20-24(16-12-14-22-21(8-3)9-4)18-13-17-23(10-5)15-7-2/h21-22H,6-20,26H2,1-5H3. The van der Waals surface area contributed by atoms with E-state index in [1.165, 1.54) is 83.8 Å². The Morgan fingerprint density at radius 1 is 0.808 bits per heavy atom. The van der Waals surface area contributed by atoms with E-state index in [1.54, 1.807) is 0 Å². The average molecular weight is 388 g/mol. The highest BCUT2D eigenvalue weighted by atomic mass is 28.2. The van der Waals surface area contributed by atoms with Gasteiger partial charge in [-0.15, -0.1) is 0 Å². The van der Waals surface area contributed by atoms with Crippen LogP contribution in [0.3, 0.4) is 0 Å². The topological polar surface area (TPSA) is 27.7 Å². The van der Waals surface area contributed by atoms with Crippen molar-refractivity contribution < 1.29 is 4.43 Å². The summed E-state index contributed by atoms with van der Waals surface area (Å²) in [4.78, 5) is 5.26. The zero-order chi connectivity index (χ0) is 19.5. The largest absolute Gasteiger partial charge is 0.423 e. The number of rotatable bonds is 20. The average Bonchev–Trinajstić information content (AvgIpc) is 2.66. The molecule has 0 saturated heterocycles. The summed E-state index contributed by atoms with van der Waals surface area (Å²) in [5, 5.41) is 3.70. The van der Waals surface area contributed by atoms with Crippen molar-refractivity contribution in [3.63, 3.8) is 0 Å². The van der Waals surface area contributed by atoms with Crippen LogP contribution in [0.25, 0.3) is 0 Å². The van der Waals surface area contributed by atoms with Crippen LogP contribution < -0.4 is 5.32 Å². The monoisotopic (exact) mass is 387 g/mol. The Kier molecular flexibility index (Phi) is 19.9. The summed E-state index contributed by atoms with van der Waals surface area (Å²) in [6, 6.07) is 0.697. The molecule has 0 bridgehead atoms. The minimum atomic E-state index is -0.385. The third-order valence-electron chi connectivity index (χ3n) is 5.20. The molecule has 158 valence electrons. The van der Waals surface area contributed by atoms with Gasteiger partial charge in [0.15, 0.2) is 9.76 Å². The van der Waals surface area contributed by atoms with E-state index < -0.39 is 0 Å².